The highest BCUT2D eigenvalue weighted by Crippen LogP contribution is 2.33. The Labute approximate surface area is 158 Å². The fraction of sp³-hybridized carbons (Fsp3) is 0.400. The Hall–Kier alpha value is -2.67. The van der Waals surface area contributed by atoms with Gasteiger partial charge in [0, 0.05) is 25.3 Å². The van der Waals surface area contributed by atoms with Gasteiger partial charge in [-0.05, 0) is 48.7 Å². The molecule has 1 aromatic heterocycles. The summed E-state index contributed by atoms with van der Waals surface area (Å²) in [5.74, 6) is 0.948. The third-order valence-corrected chi connectivity index (χ3v) is 4.83. The van der Waals surface area contributed by atoms with E-state index in [9.17, 15) is 9.18 Å². The molecule has 6 nitrogen and oxygen atoms in total. The zero-order chi connectivity index (χ0) is 19.4. The number of aromatic nitrogens is 1. The number of fused-ring (bicyclic) bond motifs is 1. The highest BCUT2D eigenvalue weighted by Gasteiger charge is 2.23. The molecule has 0 bridgehead atoms. The molecule has 1 aliphatic heterocycles. The molecule has 7 heteroatoms. The van der Waals surface area contributed by atoms with Crippen molar-refractivity contribution in [3.63, 3.8) is 0 Å². The van der Waals surface area contributed by atoms with Crippen LogP contribution in [0.15, 0.2) is 30.5 Å². The van der Waals surface area contributed by atoms with Crippen molar-refractivity contribution in [2.45, 2.75) is 25.9 Å². The van der Waals surface area contributed by atoms with Gasteiger partial charge >= 0.3 is 0 Å². The third kappa shape index (κ3) is 4.19. The number of hydrogen-bond acceptors (Lipinski definition) is 5. The van der Waals surface area contributed by atoms with Crippen molar-refractivity contribution in [2.24, 2.45) is 0 Å². The summed E-state index contributed by atoms with van der Waals surface area (Å²) < 4.78 is 24.5. The molecular weight excluding hydrogens is 349 g/mol. The van der Waals surface area contributed by atoms with E-state index in [4.69, 9.17) is 9.47 Å². The van der Waals surface area contributed by atoms with Gasteiger partial charge in [-0.15, -0.1) is 0 Å². The second-order valence-electron chi connectivity index (χ2n) is 6.51. The van der Waals surface area contributed by atoms with Crippen LogP contribution in [0.3, 0.4) is 0 Å². The minimum absolute atomic E-state index is 0.0291. The van der Waals surface area contributed by atoms with Gasteiger partial charge in [0.1, 0.15) is 5.82 Å². The Balaban J connectivity index is 1.63. The van der Waals surface area contributed by atoms with Gasteiger partial charge in [0.25, 0.3) is 0 Å². The molecule has 0 fully saturated rings. The first kappa shape index (κ1) is 19.1. The van der Waals surface area contributed by atoms with Crippen LogP contribution >= 0.6 is 0 Å². The van der Waals surface area contributed by atoms with Crippen LogP contribution in [-0.2, 0) is 17.8 Å². The van der Waals surface area contributed by atoms with E-state index in [2.05, 4.69) is 10.3 Å². The Bertz CT molecular complexity index is 828. The number of amides is 1. The molecule has 0 aliphatic carbocycles. The lowest BCUT2D eigenvalue weighted by molar-refractivity contribution is -0.131. The number of carbonyl (C=O) groups is 1. The number of ether oxygens (including phenoxy) is 2. The standard InChI is InChI=1S/C20H24FN3O3/c1-13(20-16(21)5-4-7-22-20)23-11-19(25)24-8-6-14-9-17(26-2)18(27-3)10-15(14)12-24/h4-5,7,9-10,13,23H,6,8,11-12H2,1-3H3/t13-/m0/s1. The van der Waals surface area contributed by atoms with Crippen molar-refractivity contribution < 1.29 is 18.7 Å². The van der Waals surface area contributed by atoms with Gasteiger partial charge in [-0.2, -0.15) is 0 Å². The molecule has 0 radical (unpaired) electrons. The Morgan fingerprint density at radius 3 is 2.67 bits per heavy atom. The molecule has 1 aliphatic rings. The number of benzene rings is 1. The molecule has 1 aromatic carbocycles. The molecule has 27 heavy (non-hydrogen) atoms. The largest absolute Gasteiger partial charge is 0.493 e. The van der Waals surface area contributed by atoms with Crippen molar-refractivity contribution in [3.8, 4) is 11.5 Å². The molecule has 1 amide bonds. The molecule has 3 rings (SSSR count). The van der Waals surface area contributed by atoms with Gasteiger partial charge in [-0.1, -0.05) is 0 Å². The minimum atomic E-state index is -0.377. The van der Waals surface area contributed by atoms with Gasteiger partial charge in [0.05, 0.1) is 26.5 Å². The van der Waals surface area contributed by atoms with Crippen LogP contribution in [0.25, 0.3) is 0 Å². The number of hydrogen-bond donors (Lipinski definition) is 1. The molecule has 1 atom stereocenters. The predicted octanol–water partition coefficient (Wildman–Crippen LogP) is 2.47. The Morgan fingerprint density at radius 2 is 2.00 bits per heavy atom. The maximum Gasteiger partial charge on any atom is 0.236 e. The van der Waals surface area contributed by atoms with Crippen LogP contribution in [0, 0.1) is 5.82 Å². The lowest BCUT2D eigenvalue weighted by Gasteiger charge is -2.30. The summed E-state index contributed by atoms with van der Waals surface area (Å²) in [5, 5.41) is 3.06. The number of pyridine rings is 1. The van der Waals surface area contributed by atoms with Crippen LogP contribution in [0.2, 0.25) is 0 Å². The Kier molecular flexibility index (Phi) is 5.91. The normalized spacial score (nSPS) is 14.4. The second kappa shape index (κ2) is 8.35. The van der Waals surface area contributed by atoms with E-state index in [1.54, 1.807) is 38.3 Å². The summed E-state index contributed by atoms with van der Waals surface area (Å²) >= 11 is 0. The quantitative estimate of drug-likeness (QED) is 0.843. The fourth-order valence-corrected chi connectivity index (χ4v) is 3.26. The van der Waals surface area contributed by atoms with Crippen molar-refractivity contribution in [1.29, 1.82) is 0 Å². The van der Waals surface area contributed by atoms with E-state index < -0.39 is 0 Å². The summed E-state index contributed by atoms with van der Waals surface area (Å²) in [4.78, 5) is 18.4. The van der Waals surface area contributed by atoms with Crippen molar-refractivity contribution in [1.82, 2.24) is 15.2 Å². The molecule has 144 valence electrons. The number of methoxy groups -OCH3 is 2. The highest BCUT2D eigenvalue weighted by atomic mass is 19.1. The summed E-state index contributed by atoms with van der Waals surface area (Å²) in [6, 6.07) is 6.46. The second-order valence-corrected chi connectivity index (χ2v) is 6.51. The first-order valence-corrected chi connectivity index (χ1v) is 8.88. The zero-order valence-corrected chi connectivity index (χ0v) is 15.8. The SMILES string of the molecule is COc1cc2c(cc1OC)CN(C(=O)CN[C@@H](C)c1ncccc1F)CC2. The van der Waals surface area contributed by atoms with E-state index in [0.29, 0.717) is 30.3 Å². The summed E-state index contributed by atoms with van der Waals surface area (Å²) in [7, 11) is 3.21. The number of carbonyl (C=O) groups excluding carboxylic acids is 1. The van der Waals surface area contributed by atoms with E-state index in [0.717, 1.165) is 17.5 Å². The van der Waals surface area contributed by atoms with Gasteiger partial charge in [-0.25, -0.2) is 4.39 Å². The van der Waals surface area contributed by atoms with E-state index >= 15 is 0 Å². The molecule has 2 aromatic rings. The topological polar surface area (TPSA) is 63.7 Å². The van der Waals surface area contributed by atoms with E-state index in [1.165, 1.54) is 6.07 Å². The first-order valence-electron chi connectivity index (χ1n) is 8.88. The van der Waals surface area contributed by atoms with Crippen LogP contribution < -0.4 is 14.8 Å². The van der Waals surface area contributed by atoms with Crippen LogP contribution in [0.5, 0.6) is 11.5 Å². The average molecular weight is 373 g/mol. The fourth-order valence-electron chi connectivity index (χ4n) is 3.26. The molecule has 2 heterocycles. The molecule has 1 N–H and O–H groups in total. The van der Waals surface area contributed by atoms with Gasteiger partial charge < -0.3 is 19.7 Å². The summed E-state index contributed by atoms with van der Waals surface area (Å²) in [5.41, 5.74) is 2.52. The maximum absolute atomic E-state index is 13.8. The molecular formula is C20H24FN3O3. The highest BCUT2D eigenvalue weighted by molar-refractivity contribution is 5.78. The lowest BCUT2D eigenvalue weighted by atomic mass is 9.98. The maximum atomic E-state index is 13.8. The summed E-state index contributed by atoms with van der Waals surface area (Å²) in [6.07, 6.45) is 2.30. The molecule has 0 unspecified atom stereocenters. The van der Waals surface area contributed by atoms with Crippen molar-refractivity contribution in [2.75, 3.05) is 27.3 Å². The lowest BCUT2D eigenvalue weighted by Crippen LogP contribution is -2.41. The zero-order valence-electron chi connectivity index (χ0n) is 15.8. The van der Waals surface area contributed by atoms with Crippen LogP contribution in [0.1, 0.15) is 29.8 Å². The first-order chi connectivity index (χ1) is 13.0. The summed E-state index contributed by atoms with van der Waals surface area (Å²) in [6.45, 7) is 3.07. The smallest absolute Gasteiger partial charge is 0.236 e. The third-order valence-electron chi connectivity index (χ3n) is 4.83. The number of halogens is 1. The van der Waals surface area contributed by atoms with E-state index in [1.807, 2.05) is 12.1 Å². The van der Waals surface area contributed by atoms with Crippen LogP contribution in [0.4, 0.5) is 4.39 Å². The Morgan fingerprint density at radius 1 is 1.30 bits per heavy atom. The van der Waals surface area contributed by atoms with Crippen LogP contribution in [-0.4, -0.2) is 43.1 Å². The van der Waals surface area contributed by atoms with Crippen molar-refractivity contribution >= 4 is 5.91 Å². The van der Waals surface area contributed by atoms with Gasteiger partial charge in [0.2, 0.25) is 5.91 Å². The molecule has 0 saturated carbocycles. The van der Waals surface area contributed by atoms with Gasteiger partial charge in [0.15, 0.2) is 11.5 Å². The number of rotatable bonds is 6. The monoisotopic (exact) mass is 373 g/mol. The van der Waals surface area contributed by atoms with E-state index in [-0.39, 0.29) is 24.3 Å². The van der Waals surface area contributed by atoms with Crippen molar-refractivity contribution in [3.05, 3.63) is 53.1 Å². The number of nitrogens with one attached hydrogen (secondary N) is 1. The molecule has 0 spiro atoms. The van der Waals surface area contributed by atoms with Gasteiger partial charge in [-0.3, -0.25) is 9.78 Å². The predicted molar refractivity (Wildman–Crippen MR) is 99.3 cm³/mol. The average Bonchev–Trinajstić information content (AvgIpc) is 2.70. The number of nitrogens with zero attached hydrogens (tertiary/aromatic N) is 2. The molecule has 0 saturated heterocycles. The minimum Gasteiger partial charge on any atom is -0.493 e.